The Bertz CT molecular complexity index is 730. The molecule has 8 nitrogen and oxygen atoms in total. The monoisotopic (exact) mass is 366 g/mol. The van der Waals surface area contributed by atoms with Gasteiger partial charge in [-0.1, -0.05) is 6.07 Å². The molecule has 0 aliphatic heterocycles. The van der Waals surface area contributed by atoms with Gasteiger partial charge in [-0.25, -0.2) is 14.4 Å². The Kier molecular flexibility index (Phi) is 5.73. The summed E-state index contributed by atoms with van der Waals surface area (Å²) >= 11 is 0. The first-order valence-electron chi connectivity index (χ1n) is 7.97. The molecule has 1 unspecified atom stereocenters. The fraction of sp³-hybridized carbons (Fsp3) is 0.500. The smallest absolute Gasteiger partial charge is 0.343 e. The molecular weight excluding hydrogens is 340 g/mol. The number of carboxylic acid groups (broad SMARTS) is 1. The number of aliphatic carboxylic acids is 1. The zero-order valence-electron chi connectivity index (χ0n) is 15.9. The molecule has 0 saturated heterocycles. The number of benzene rings is 1. The van der Waals surface area contributed by atoms with Crippen LogP contribution in [0.5, 0.6) is 0 Å². The number of carbonyl (C=O) groups excluding carboxylic acids is 2. The Labute approximate surface area is 152 Å². The Morgan fingerprint density at radius 3 is 1.85 bits per heavy atom. The van der Waals surface area contributed by atoms with Crippen LogP contribution in [0, 0.1) is 0 Å². The van der Waals surface area contributed by atoms with Crippen molar-refractivity contribution < 1.29 is 29.0 Å². The van der Waals surface area contributed by atoms with E-state index in [2.05, 4.69) is 0 Å². The first-order chi connectivity index (χ1) is 11.6. The van der Waals surface area contributed by atoms with E-state index in [9.17, 15) is 19.5 Å². The summed E-state index contributed by atoms with van der Waals surface area (Å²) in [6, 6.07) is 3.74. The minimum Gasteiger partial charge on any atom is -0.479 e. The summed E-state index contributed by atoms with van der Waals surface area (Å²) in [6.45, 7) is 9.88. The highest BCUT2D eigenvalue weighted by molar-refractivity contribution is 6.06. The predicted molar refractivity (Wildman–Crippen MR) is 95.4 cm³/mol. The summed E-state index contributed by atoms with van der Waals surface area (Å²) in [7, 11) is 0. The maximum Gasteiger partial charge on any atom is 0.343 e. The van der Waals surface area contributed by atoms with Crippen LogP contribution in [0.4, 0.5) is 5.69 Å². The molecule has 0 aliphatic carbocycles. The molecule has 0 radical (unpaired) electrons. The zero-order valence-corrected chi connectivity index (χ0v) is 15.9. The number of nitrogen functional groups attached to an aromatic ring is 1. The van der Waals surface area contributed by atoms with Gasteiger partial charge < -0.3 is 26.0 Å². The number of nitrogens with two attached hydrogens (primary N) is 2. The van der Waals surface area contributed by atoms with E-state index in [1.807, 2.05) is 0 Å². The van der Waals surface area contributed by atoms with E-state index < -0.39 is 34.6 Å². The minimum absolute atomic E-state index is 0.109. The lowest BCUT2D eigenvalue weighted by atomic mass is 9.88. The molecule has 0 amide bonds. The molecule has 0 saturated carbocycles. The molecular formula is C18H26N2O6. The van der Waals surface area contributed by atoms with E-state index in [0.29, 0.717) is 0 Å². The van der Waals surface area contributed by atoms with Crippen molar-refractivity contribution in [1.82, 2.24) is 0 Å². The lowest BCUT2D eigenvalue weighted by molar-refractivity contribution is -0.169. The third-order valence-corrected chi connectivity index (χ3v) is 3.17. The Morgan fingerprint density at radius 2 is 1.46 bits per heavy atom. The second kappa shape index (κ2) is 6.95. The van der Waals surface area contributed by atoms with Crippen molar-refractivity contribution >= 4 is 23.6 Å². The predicted octanol–water partition coefficient (Wildman–Crippen LogP) is 1.80. The van der Waals surface area contributed by atoms with E-state index in [-0.39, 0.29) is 16.8 Å². The standard InChI is InChI=1S/C18H26N2O6/c1-16(2,3)25-13(21)10-7-8-11(12(19)9-10)18(20,14(22)23)15(24)26-17(4,5)6/h7-9H,19-20H2,1-6H3,(H,22,23). The summed E-state index contributed by atoms with van der Waals surface area (Å²) in [5, 5.41) is 9.54. The summed E-state index contributed by atoms with van der Waals surface area (Å²) in [5.74, 6) is -3.41. The molecule has 0 aromatic heterocycles. The first-order valence-corrected chi connectivity index (χ1v) is 7.97. The highest BCUT2D eigenvalue weighted by atomic mass is 16.6. The Morgan fingerprint density at radius 1 is 0.962 bits per heavy atom. The number of rotatable bonds is 4. The summed E-state index contributed by atoms with van der Waals surface area (Å²) < 4.78 is 10.4. The molecule has 5 N–H and O–H groups in total. The Hall–Kier alpha value is -2.61. The van der Waals surface area contributed by atoms with Gasteiger partial charge in [-0.2, -0.15) is 0 Å². The van der Waals surface area contributed by atoms with E-state index in [4.69, 9.17) is 20.9 Å². The van der Waals surface area contributed by atoms with Crippen LogP contribution < -0.4 is 11.5 Å². The number of hydrogen-bond donors (Lipinski definition) is 3. The molecule has 1 atom stereocenters. The number of esters is 2. The molecule has 1 aromatic carbocycles. The van der Waals surface area contributed by atoms with Crippen LogP contribution in [0.3, 0.4) is 0 Å². The number of hydrogen-bond acceptors (Lipinski definition) is 7. The zero-order chi connectivity index (χ0) is 20.5. The lowest BCUT2D eigenvalue weighted by Crippen LogP contribution is -2.54. The van der Waals surface area contributed by atoms with Gasteiger partial charge in [-0.3, -0.25) is 0 Å². The topological polar surface area (TPSA) is 142 Å². The average molecular weight is 366 g/mol. The van der Waals surface area contributed by atoms with Gasteiger partial charge in [0.1, 0.15) is 11.2 Å². The third-order valence-electron chi connectivity index (χ3n) is 3.17. The molecule has 1 rings (SSSR count). The molecule has 0 aliphatic rings. The third kappa shape index (κ3) is 4.95. The van der Waals surface area contributed by atoms with Crippen LogP contribution in [0.2, 0.25) is 0 Å². The molecule has 0 spiro atoms. The van der Waals surface area contributed by atoms with Crippen LogP contribution in [-0.4, -0.2) is 34.2 Å². The molecule has 26 heavy (non-hydrogen) atoms. The molecule has 0 fully saturated rings. The number of carbonyl (C=O) groups is 3. The largest absolute Gasteiger partial charge is 0.479 e. The normalized spacial score (nSPS) is 14.3. The fourth-order valence-electron chi connectivity index (χ4n) is 2.06. The second-order valence-corrected chi connectivity index (χ2v) is 7.92. The van der Waals surface area contributed by atoms with Gasteiger partial charge in [0, 0.05) is 11.3 Å². The van der Waals surface area contributed by atoms with Crippen LogP contribution in [0.15, 0.2) is 18.2 Å². The number of ether oxygens (including phenoxy) is 2. The molecule has 0 bridgehead atoms. The van der Waals surface area contributed by atoms with Crippen LogP contribution in [0.25, 0.3) is 0 Å². The van der Waals surface area contributed by atoms with Gasteiger partial charge in [0.2, 0.25) is 5.54 Å². The van der Waals surface area contributed by atoms with Crippen molar-refractivity contribution in [2.75, 3.05) is 5.73 Å². The van der Waals surface area contributed by atoms with E-state index in [1.54, 1.807) is 41.5 Å². The van der Waals surface area contributed by atoms with Gasteiger partial charge in [0.25, 0.3) is 0 Å². The highest BCUT2D eigenvalue weighted by Crippen LogP contribution is 2.29. The van der Waals surface area contributed by atoms with Crippen LogP contribution in [-0.2, 0) is 24.6 Å². The van der Waals surface area contributed by atoms with E-state index in [0.717, 1.165) is 0 Å². The lowest BCUT2D eigenvalue weighted by Gasteiger charge is -2.29. The quantitative estimate of drug-likeness (QED) is 0.416. The molecule has 1 aromatic rings. The van der Waals surface area contributed by atoms with Gasteiger partial charge in [0.05, 0.1) is 5.56 Å². The van der Waals surface area contributed by atoms with E-state index >= 15 is 0 Å². The maximum absolute atomic E-state index is 12.4. The van der Waals surface area contributed by atoms with Crippen molar-refractivity contribution in [1.29, 1.82) is 0 Å². The molecule has 144 valence electrons. The van der Waals surface area contributed by atoms with Crippen LogP contribution in [0.1, 0.15) is 57.5 Å². The highest BCUT2D eigenvalue weighted by Gasteiger charge is 2.48. The molecule has 8 heteroatoms. The van der Waals surface area contributed by atoms with Crippen molar-refractivity contribution in [3.63, 3.8) is 0 Å². The minimum atomic E-state index is -2.51. The van der Waals surface area contributed by atoms with E-state index in [1.165, 1.54) is 18.2 Å². The molecule has 0 heterocycles. The number of carboxylic acids is 1. The van der Waals surface area contributed by atoms with Crippen molar-refractivity contribution in [3.05, 3.63) is 29.3 Å². The summed E-state index contributed by atoms with van der Waals surface area (Å²) in [4.78, 5) is 36.3. The van der Waals surface area contributed by atoms with Gasteiger partial charge in [-0.15, -0.1) is 0 Å². The van der Waals surface area contributed by atoms with Crippen molar-refractivity contribution in [2.24, 2.45) is 5.73 Å². The average Bonchev–Trinajstić information content (AvgIpc) is 2.42. The second-order valence-electron chi connectivity index (χ2n) is 7.92. The number of anilines is 1. The Balaban J connectivity index is 3.33. The van der Waals surface area contributed by atoms with Gasteiger partial charge in [0.15, 0.2) is 0 Å². The van der Waals surface area contributed by atoms with Gasteiger partial charge in [-0.05, 0) is 53.7 Å². The van der Waals surface area contributed by atoms with Crippen molar-refractivity contribution in [3.8, 4) is 0 Å². The van der Waals surface area contributed by atoms with Crippen molar-refractivity contribution in [2.45, 2.75) is 58.3 Å². The summed E-state index contributed by atoms with van der Waals surface area (Å²) in [6.07, 6.45) is 0. The fourth-order valence-corrected chi connectivity index (χ4v) is 2.06. The summed E-state index contributed by atoms with van der Waals surface area (Å²) in [5.41, 5.74) is 7.40. The van der Waals surface area contributed by atoms with Crippen LogP contribution >= 0.6 is 0 Å². The van der Waals surface area contributed by atoms with Gasteiger partial charge >= 0.3 is 17.9 Å². The SMILES string of the molecule is CC(C)(C)OC(=O)c1ccc(C(N)(C(=O)O)C(=O)OC(C)(C)C)c(N)c1. The maximum atomic E-state index is 12.4. The first kappa shape index (κ1) is 21.4.